The molecular weight excluding hydrogens is 168 g/mol. The summed E-state index contributed by atoms with van der Waals surface area (Å²) in [5, 5.41) is 11.9. The second kappa shape index (κ2) is 3.63. The fourth-order valence-electron chi connectivity index (χ4n) is 1.04. The van der Waals surface area contributed by atoms with Gasteiger partial charge in [-0.05, 0) is 7.05 Å². The summed E-state index contributed by atoms with van der Waals surface area (Å²) < 4.78 is 0. The Bertz CT molecular complexity index is 245. The van der Waals surface area contributed by atoms with E-state index in [9.17, 15) is 0 Å². The van der Waals surface area contributed by atoms with E-state index in [1.54, 1.807) is 14.1 Å². The van der Waals surface area contributed by atoms with Crippen molar-refractivity contribution < 1.29 is 0 Å². The lowest BCUT2D eigenvalue weighted by molar-refractivity contribution is 0.400. The molecule has 0 aliphatic carbocycles. The van der Waals surface area contributed by atoms with Crippen LogP contribution in [0.1, 0.15) is 0 Å². The molecule has 1 heterocycles. The van der Waals surface area contributed by atoms with Gasteiger partial charge in [0.15, 0.2) is 11.7 Å². The highest BCUT2D eigenvalue weighted by Crippen LogP contribution is 2.00. The molecule has 0 aromatic rings. The number of hydrogen-bond donors (Lipinski definition) is 5. The van der Waals surface area contributed by atoms with Crippen LogP contribution >= 0.6 is 0 Å². The standard InChI is InChI=1S/C7H16N6/c1-9-5-4-7(8,11-3)13-6(10-2)12-5/h4,9,11H,8H2,1-3H3,(H2,10,12,13). The van der Waals surface area contributed by atoms with Crippen LogP contribution in [0.25, 0.3) is 0 Å². The molecule has 6 nitrogen and oxygen atoms in total. The van der Waals surface area contributed by atoms with Gasteiger partial charge in [-0.15, -0.1) is 0 Å². The normalized spacial score (nSPS) is 30.5. The minimum Gasteiger partial charge on any atom is -0.375 e. The van der Waals surface area contributed by atoms with Gasteiger partial charge in [-0.2, -0.15) is 0 Å². The minimum atomic E-state index is -0.752. The first kappa shape index (κ1) is 9.82. The summed E-state index contributed by atoms with van der Waals surface area (Å²) in [5.41, 5.74) is 5.93. The summed E-state index contributed by atoms with van der Waals surface area (Å²) in [7, 11) is 5.27. The van der Waals surface area contributed by atoms with Crippen LogP contribution in [0, 0.1) is 0 Å². The van der Waals surface area contributed by atoms with Crippen molar-refractivity contribution in [1.82, 2.24) is 21.3 Å². The van der Waals surface area contributed by atoms with Crippen LogP contribution in [-0.2, 0) is 0 Å². The Morgan fingerprint density at radius 3 is 2.69 bits per heavy atom. The van der Waals surface area contributed by atoms with Crippen molar-refractivity contribution in [3.8, 4) is 0 Å². The molecule has 0 amide bonds. The van der Waals surface area contributed by atoms with E-state index in [1.165, 1.54) is 0 Å². The zero-order chi connectivity index (χ0) is 9.90. The Morgan fingerprint density at radius 1 is 1.54 bits per heavy atom. The maximum Gasteiger partial charge on any atom is 0.199 e. The lowest BCUT2D eigenvalue weighted by Crippen LogP contribution is -2.68. The molecule has 0 bridgehead atoms. The van der Waals surface area contributed by atoms with Crippen LogP contribution in [0.3, 0.4) is 0 Å². The van der Waals surface area contributed by atoms with Gasteiger partial charge < -0.3 is 16.0 Å². The topological polar surface area (TPSA) is 86.5 Å². The van der Waals surface area contributed by atoms with E-state index in [0.29, 0.717) is 5.96 Å². The number of nitrogens with zero attached hydrogens (tertiary/aromatic N) is 1. The van der Waals surface area contributed by atoms with E-state index in [-0.39, 0.29) is 0 Å². The van der Waals surface area contributed by atoms with Crippen LogP contribution < -0.4 is 27.0 Å². The molecule has 13 heavy (non-hydrogen) atoms. The van der Waals surface area contributed by atoms with Gasteiger partial charge in [-0.25, -0.2) is 0 Å². The van der Waals surface area contributed by atoms with E-state index in [4.69, 9.17) is 5.73 Å². The van der Waals surface area contributed by atoms with Crippen LogP contribution in [-0.4, -0.2) is 32.9 Å². The third-order valence-corrected chi connectivity index (χ3v) is 1.86. The molecule has 1 rings (SSSR count). The number of likely N-dealkylation sites (N-methyl/N-ethyl adjacent to an activating group) is 1. The van der Waals surface area contributed by atoms with Crippen molar-refractivity contribution in [2.75, 3.05) is 21.1 Å². The van der Waals surface area contributed by atoms with Crippen molar-refractivity contribution in [3.05, 3.63) is 11.9 Å². The highest BCUT2D eigenvalue weighted by molar-refractivity contribution is 5.83. The van der Waals surface area contributed by atoms with Gasteiger partial charge in [0.05, 0.1) is 0 Å². The molecule has 0 spiro atoms. The van der Waals surface area contributed by atoms with Crippen molar-refractivity contribution in [2.24, 2.45) is 10.7 Å². The van der Waals surface area contributed by atoms with Gasteiger partial charge in [0.1, 0.15) is 5.82 Å². The summed E-state index contributed by atoms with van der Waals surface area (Å²) in [5.74, 6) is 0.693. The summed E-state index contributed by atoms with van der Waals surface area (Å²) >= 11 is 0. The van der Waals surface area contributed by atoms with Gasteiger partial charge in [0.2, 0.25) is 0 Å². The Labute approximate surface area is 77.7 Å². The molecule has 1 aliphatic rings. The molecule has 0 saturated carbocycles. The highest BCUT2D eigenvalue weighted by atomic mass is 15.4. The average molecular weight is 184 g/mol. The summed E-state index contributed by atoms with van der Waals surface area (Å²) in [6.45, 7) is 0. The van der Waals surface area contributed by atoms with Crippen LogP contribution in [0.2, 0.25) is 0 Å². The van der Waals surface area contributed by atoms with Crippen LogP contribution in [0.4, 0.5) is 0 Å². The van der Waals surface area contributed by atoms with Crippen LogP contribution in [0.5, 0.6) is 0 Å². The number of rotatable bonds is 2. The van der Waals surface area contributed by atoms with E-state index < -0.39 is 5.79 Å². The first-order valence-corrected chi connectivity index (χ1v) is 4.04. The molecule has 1 atom stereocenters. The monoisotopic (exact) mass is 184 g/mol. The predicted octanol–water partition coefficient (Wildman–Crippen LogP) is -1.94. The van der Waals surface area contributed by atoms with Gasteiger partial charge >= 0.3 is 0 Å². The summed E-state index contributed by atoms with van der Waals surface area (Å²) in [6.07, 6.45) is 1.81. The van der Waals surface area contributed by atoms with Crippen molar-refractivity contribution in [1.29, 1.82) is 0 Å². The number of hydrogen-bond acceptors (Lipinski definition) is 4. The molecule has 0 aromatic heterocycles. The number of nitrogens with one attached hydrogen (secondary N) is 4. The summed E-state index contributed by atoms with van der Waals surface area (Å²) in [6, 6.07) is 0. The molecule has 0 radical (unpaired) electrons. The smallest absolute Gasteiger partial charge is 0.199 e. The fraction of sp³-hybridized carbons (Fsp3) is 0.571. The number of nitrogens with two attached hydrogens (primary N) is 1. The van der Waals surface area contributed by atoms with Gasteiger partial charge in [-0.1, -0.05) is 0 Å². The zero-order valence-corrected chi connectivity index (χ0v) is 8.10. The quantitative estimate of drug-likeness (QED) is 0.322. The first-order valence-electron chi connectivity index (χ1n) is 4.04. The van der Waals surface area contributed by atoms with Gasteiger partial charge in [-0.3, -0.25) is 16.0 Å². The molecule has 1 unspecified atom stereocenters. The van der Waals surface area contributed by atoms with E-state index in [0.717, 1.165) is 5.82 Å². The minimum absolute atomic E-state index is 0.628. The van der Waals surface area contributed by atoms with Gasteiger partial charge in [0, 0.05) is 20.2 Å². The number of aliphatic imine (C=N–C) groups is 1. The lowest BCUT2D eigenvalue weighted by Gasteiger charge is -2.34. The van der Waals surface area contributed by atoms with Gasteiger partial charge in [0.25, 0.3) is 0 Å². The average Bonchev–Trinajstić information content (AvgIpc) is 2.17. The molecule has 0 aromatic carbocycles. The summed E-state index contributed by atoms with van der Waals surface area (Å²) in [4.78, 5) is 3.98. The molecule has 6 N–H and O–H groups in total. The molecule has 74 valence electrons. The molecule has 6 heteroatoms. The molecule has 1 aliphatic heterocycles. The van der Waals surface area contributed by atoms with E-state index >= 15 is 0 Å². The Morgan fingerprint density at radius 2 is 2.23 bits per heavy atom. The second-order valence-electron chi connectivity index (χ2n) is 2.75. The number of guanidine groups is 1. The van der Waals surface area contributed by atoms with Crippen LogP contribution in [0.15, 0.2) is 16.9 Å². The molecule has 0 saturated heterocycles. The Balaban J connectivity index is 2.89. The lowest BCUT2D eigenvalue weighted by atomic mass is 10.3. The Kier molecular flexibility index (Phi) is 2.74. The maximum atomic E-state index is 5.93. The third kappa shape index (κ3) is 2.10. The molecular formula is C7H16N6. The largest absolute Gasteiger partial charge is 0.375 e. The maximum absolute atomic E-state index is 5.93. The zero-order valence-electron chi connectivity index (χ0n) is 8.10. The van der Waals surface area contributed by atoms with Crippen molar-refractivity contribution in [3.63, 3.8) is 0 Å². The van der Waals surface area contributed by atoms with E-state index in [1.807, 2.05) is 13.1 Å². The SMILES string of the molecule is CN=C1NC(NC)=CC(N)(NC)N1. The predicted molar refractivity (Wildman–Crippen MR) is 52.8 cm³/mol. The first-order chi connectivity index (χ1) is 6.13. The second-order valence-corrected chi connectivity index (χ2v) is 2.75. The Hall–Kier alpha value is -1.27. The fourth-order valence-corrected chi connectivity index (χ4v) is 1.04. The highest BCUT2D eigenvalue weighted by Gasteiger charge is 2.26. The third-order valence-electron chi connectivity index (χ3n) is 1.86. The van der Waals surface area contributed by atoms with Crippen molar-refractivity contribution >= 4 is 5.96 Å². The van der Waals surface area contributed by atoms with Crippen molar-refractivity contribution in [2.45, 2.75) is 5.79 Å². The molecule has 0 fully saturated rings. The van der Waals surface area contributed by atoms with E-state index in [2.05, 4.69) is 26.3 Å².